The maximum atomic E-state index is 11.7. The van der Waals surface area contributed by atoms with Crippen LogP contribution in [0.15, 0.2) is 30.3 Å². The van der Waals surface area contributed by atoms with Crippen LogP contribution in [0, 0.1) is 6.92 Å². The van der Waals surface area contributed by atoms with Crippen molar-refractivity contribution in [1.82, 2.24) is 4.57 Å². The van der Waals surface area contributed by atoms with Crippen molar-refractivity contribution in [1.29, 1.82) is 0 Å². The van der Waals surface area contributed by atoms with Gasteiger partial charge in [-0.2, -0.15) is 0 Å². The molecule has 0 N–H and O–H groups in total. The van der Waals surface area contributed by atoms with Crippen LogP contribution in [-0.4, -0.2) is 17.3 Å². The van der Waals surface area contributed by atoms with Gasteiger partial charge in [0.25, 0.3) is 0 Å². The molecule has 15 heavy (non-hydrogen) atoms. The summed E-state index contributed by atoms with van der Waals surface area (Å²) >= 11 is 0. The number of carbonyl (C=O) groups is 1. The van der Waals surface area contributed by atoms with E-state index in [-0.39, 0.29) is 6.09 Å². The zero-order valence-corrected chi connectivity index (χ0v) is 8.86. The third-order valence-corrected chi connectivity index (χ3v) is 2.35. The van der Waals surface area contributed by atoms with Crippen LogP contribution in [0.1, 0.15) is 12.6 Å². The van der Waals surface area contributed by atoms with Crippen molar-refractivity contribution in [3.8, 4) is 0 Å². The van der Waals surface area contributed by atoms with E-state index in [2.05, 4.69) is 0 Å². The predicted octanol–water partition coefficient (Wildman–Crippen LogP) is 2.95. The molecule has 3 heteroatoms. The number of para-hydroxylation sites is 1. The van der Waals surface area contributed by atoms with Gasteiger partial charge in [-0.3, -0.25) is 0 Å². The fourth-order valence-corrected chi connectivity index (χ4v) is 1.72. The van der Waals surface area contributed by atoms with Gasteiger partial charge in [-0.25, -0.2) is 9.36 Å². The zero-order valence-electron chi connectivity index (χ0n) is 8.86. The number of aromatic nitrogens is 1. The van der Waals surface area contributed by atoms with E-state index in [1.54, 1.807) is 11.5 Å². The first kappa shape index (κ1) is 9.77. The van der Waals surface area contributed by atoms with Gasteiger partial charge < -0.3 is 4.74 Å². The Bertz CT molecular complexity index is 499. The molecule has 0 aliphatic rings. The Morgan fingerprint density at radius 1 is 1.40 bits per heavy atom. The monoisotopic (exact) mass is 203 g/mol. The molecule has 0 amide bonds. The number of carbonyl (C=O) groups excluding carboxylic acids is 1. The van der Waals surface area contributed by atoms with Gasteiger partial charge in [-0.05, 0) is 26.0 Å². The van der Waals surface area contributed by atoms with Crippen molar-refractivity contribution in [3.05, 3.63) is 36.0 Å². The highest BCUT2D eigenvalue weighted by atomic mass is 16.5. The van der Waals surface area contributed by atoms with Gasteiger partial charge in [0.15, 0.2) is 0 Å². The maximum absolute atomic E-state index is 11.7. The lowest BCUT2D eigenvalue weighted by Crippen LogP contribution is -2.14. The summed E-state index contributed by atoms with van der Waals surface area (Å²) in [6.45, 7) is 4.10. The molecule has 0 aliphatic carbocycles. The van der Waals surface area contributed by atoms with Crippen LogP contribution in [0.2, 0.25) is 0 Å². The summed E-state index contributed by atoms with van der Waals surface area (Å²) in [6, 6.07) is 9.75. The molecule has 0 atom stereocenters. The molecule has 78 valence electrons. The third kappa shape index (κ3) is 1.61. The second kappa shape index (κ2) is 3.77. The van der Waals surface area contributed by atoms with Crippen molar-refractivity contribution in [2.45, 2.75) is 13.8 Å². The summed E-state index contributed by atoms with van der Waals surface area (Å²) in [7, 11) is 0. The number of ether oxygens (including phenoxy) is 1. The standard InChI is InChI=1S/C12H13NO2/c1-3-15-12(14)13-9(2)8-10-6-4-5-7-11(10)13/h4-8H,3H2,1-2H3. The molecular formula is C12H13NO2. The summed E-state index contributed by atoms with van der Waals surface area (Å²) in [5.41, 5.74) is 1.79. The highest BCUT2D eigenvalue weighted by Gasteiger charge is 2.12. The van der Waals surface area contributed by atoms with E-state index in [9.17, 15) is 4.79 Å². The second-order valence-electron chi connectivity index (χ2n) is 3.38. The number of fused-ring (bicyclic) bond motifs is 1. The van der Waals surface area contributed by atoms with Crippen LogP contribution in [0.5, 0.6) is 0 Å². The van der Waals surface area contributed by atoms with Gasteiger partial charge in [-0.15, -0.1) is 0 Å². The summed E-state index contributed by atoms with van der Waals surface area (Å²) in [5.74, 6) is 0. The van der Waals surface area contributed by atoms with Crippen LogP contribution in [0.25, 0.3) is 10.9 Å². The SMILES string of the molecule is CCOC(=O)n1c(C)cc2ccccc21. The second-order valence-corrected chi connectivity index (χ2v) is 3.38. The molecule has 1 aromatic carbocycles. The number of benzene rings is 1. The first-order valence-electron chi connectivity index (χ1n) is 4.98. The molecule has 1 heterocycles. The van der Waals surface area contributed by atoms with Gasteiger partial charge in [0.1, 0.15) is 0 Å². The van der Waals surface area contributed by atoms with Crippen LogP contribution >= 0.6 is 0 Å². The van der Waals surface area contributed by atoms with Crippen LogP contribution in [0.4, 0.5) is 4.79 Å². The molecule has 0 spiro atoms. The number of aryl methyl sites for hydroxylation is 1. The van der Waals surface area contributed by atoms with Gasteiger partial charge in [0.05, 0.1) is 12.1 Å². The fraction of sp³-hybridized carbons (Fsp3) is 0.250. The quantitative estimate of drug-likeness (QED) is 0.713. The summed E-state index contributed by atoms with van der Waals surface area (Å²) in [6.07, 6.45) is -0.309. The van der Waals surface area contributed by atoms with Crippen LogP contribution in [-0.2, 0) is 4.74 Å². The van der Waals surface area contributed by atoms with Crippen molar-refractivity contribution >= 4 is 17.0 Å². The Kier molecular flexibility index (Phi) is 2.46. The number of rotatable bonds is 1. The zero-order chi connectivity index (χ0) is 10.8. The highest BCUT2D eigenvalue weighted by molar-refractivity contribution is 5.90. The number of hydrogen-bond donors (Lipinski definition) is 0. The molecule has 0 radical (unpaired) electrons. The van der Waals surface area contributed by atoms with E-state index in [0.717, 1.165) is 16.6 Å². The van der Waals surface area contributed by atoms with Crippen molar-refractivity contribution in [2.75, 3.05) is 6.61 Å². The average molecular weight is 203 g/mol. The molecule has 0 unspecified atom stereocenters. The topological polar surface area (TPSA) is 31.2 Å². The number of hydrogen-bond acceptors (Lipinski definition) is 2. The number of nitrogens with zero attached hydrogens (tertiary/aromatic N) is 1. The Morgan fingerprint density at radius 3 is 2.87 bits per heavy atom. The predicted molar refractivity (Wildman–Crippen MR) is 59.1 cm³/mol. The van der Waals surface area contributed by atoms with Gasteiger partial charge in [0, 0.05) is 11.1 Å². The molecule has 2 aromatic rings. The molecule has 0 aliphatic heterocycles. The summed E-state index contributed by atoms with van der Waals surface area (Å²) in [5, 5.41) is 1.06. The molecular weight excluding hydrogens is 190 g/mol. The Hall–Kier alpha value is -1.77. The van der Waals surface area contributed by atoms with E-state index in [0.29, 0.717) is 6.61 Å². The van der Waals surface area contributed by atoms with E-state index in [1.807, 2.05) is 37.3 Å². The average Bonchev–Trinajstić information content (AvgIpc) is 2.54. The van der Waals surface area contributed by atoms with Crippen molar-refractivity contribution in [3.63, 3.8) is 0 Å². The lowest BCUT2D eigenvalue weighted by Gasteiger charge is -2.05. The van der Waals surface area contributed by atoms with E-state index in [1.165, 1.54) is 0 Å². The molecule has 2 rings (SSSR count). The fourth-order valence-electron chi connectivity index (χ4n) is 1.72. The van der Waals surface area contributed by atoms with Crippen LogP contribution in [0.3, 0.4) is 0 Å². The minimum atomic E-state index is -0.309. The van der Waals surface area contributed by atoms with Gasteiger partial charge in [-0.1, -0.05) is 18.2 Å². The first-order chi connectivity index (χ1) is 7.24. The van der Waals surface area contributed by atoms with E-state index < -0.39 is 0 Å². The smallest absolute Gasteiger partial charge is 0.418 e. The molecule has 1 aromatic heterocycles. The maximum Gasteiger partial charge on any atom is 0.418 e. The Labute approximate surface area is 88.3 Å². The molecule has 3 nitrogen and oxygen atoms in total. The Morgan fingerprint density at radius 2 is 2.13 bits per heavy atom. The lowest BCUT2D eigenvalue weighted by molar-refractivity contribution is 0.154. The molecule has 0 saturated heterocycles. The third-order valence-electron chi connectivity index (χ3n) is 2.35. The lowest BCUT2D eigenvalue weighted by atomic mass is 10.2. The largest absolute Gasteiger partial charge is 0.449 e. The van der Waals surface area contributed by atoms with Crippen molar-refractivity contribution < 1.29 is 9.53 Å². The molecule has 0 bridgehead atoms. The van der Waals surface area contributed by atoms with Gasteiger partial charge in [0.2, 0.25) is 0 Å². The normalized spacial score (nSPS) is 10.5. The van der Waals surface area contributed by atoms with Gasteiger partial charge >= 0.3 is 6.09 Å². The van der Waals surface area contributed by atoms with E-state index >= 15 is 0 Å². The van der Waals surface area contributed by atoms with Crippen molar-refractivity contribution in [2.24, 2.45) is 0 Å². The first-order valence-corrected chi connectivity index (χ1v) is 4.98. The summed E-state index contributed by atoms with van der Waals surface area (Å²) in [4.78, 5) is 11.7. The molecule has 0 saturated carbocycles. The Balaban J connectivity index is 2.58. The molecule has 0 fully saturated rings. The van der Waals surface area contributed by atoms with Crippen LogP contribution < -0.4 is 0 Å². The summed E-state index contributed by atoms with van der Waals surface area (Å²) < 4.78 is 6.60. The highest BCUT2D eigenvalue weighted by Crippen LogP contribution is 2.19. The van der Waals surface area contributed by atoms with E-state index in [4.69, 9.17) is 4.74 Å². The minimum absolute atomic E-state index is 0.309. The minimum Gasteiger partial charge on any atom is -0.449 e.